The van der Waals surface area contributed by atoms with Crippen molar-refractivity contribution in [2.75, 3.05) is 4.90 Å². The number of anilines is 2. The number of benzene rings is 1. The summed E-state index contributed by atoms with van der Waals surface area (Å²) in [7, 11) is 0. The highest BCUT2D eigenvalue weighted by molar-refractivity contribution is 7.14. The third-order valence-electron chi connectivity index (χ3n) is 3.85. The quantitative estimate of drug-likeness (QED) is 0.387. The molecule has 4 amide bonds. The van der Waals surface area contributed by atoms with Crippen molar-refractivity contribution >= 4 is 51.9 Å². The molecule has 150 valence electrons. The topological polar surface area (TPSA) is 120 Å². The molecule has 1 aromatic carbocycles. The zero-order valence-corrected chi connectivity index (χ0v) is 16.4. The molecule has 3 rings (SSSR count). The Labute approximate surface area is 170 Å². The SMILES string of the molecule is CC(=O)N(c1ccccc1)c1nc(/C=C/C(=O)NNC(=O)C(=O)NC2CC2)cs1. The second kappa shape index (κ2) is 9.11. The van der Waals surface area contributed by atoms with Crippen LogP contribution >= 0.6 is 11.3 Å². The Kier molecular flexibility index (Phi) is 6.35. The summed E-state index contributed by atoms with van der Waals surface area (Å²) >= 11 is 1.25. The number of para-hydroxylation sites is 1. The average Bonchev–Trinajstić information content (AvgIpc) is 3.40. The lowest BCUT2D eigenvalue weighted by Crippen LogP contribution is -2.48. The van der Waals surface area contributed by atoms with Gasteiger partial charge in [0.15, 0.2) is 5.13 Å². The number of rotatable bonds is 5. The van der Waals surface area contributed by atoms with Gasteiger partial charge in [-0.3, -0.25) is 34.9 Å². The highest BCUT2D eigenvalue weighted by Crippen LogP contribution is 2.28. The minimum atomic E-state index is -0.936. The van der Waals surface area contributed by atoms with Crippen LogP contribution in [-0.4, -0.2) is 34.7 Å². The van der Waals surface area contributed by atoms with Crippen molar-refractivity contribution in [3.05, 3.63) is 47.5 Å². The van der Waals surface area contributed by atoms with E-state index >= 15 is 0 Å². The van der Waals surface area contributed by atoms with Crippen LogP contribution in [0.2, 0.25) is 0 Å². The fourth-order valence-electron chi connectivity index (χ4n) is 2.32. The molecule has 3 N–H and O–H groups in total. The number of nitrogens with zero attached hydrogens (tertiary/aromatic N) is 2. The van der Waals surface area contributed by atoms with Gasteiger partial charge in [0.1, 0.15) is 0 Å². The molecule has 0 atom stereocenters. The van der Waals surface area contributed by atoms with Crippen LogP contribution in [0.15, 0.2) is 41.8 Å². The molecule has 0 bridgehead atoms. The van der Waals surface area contributed by atoms with Crippen LogP contribution in [0.4, 0.5) is 10.8 Å². The Morgan fingerprint density at radius 3 is 2.48 bits per heavy atom. The Hall–Kier alpha value is -3.53. The van der Waals surface area contributed by atoms with E-state index in [9.17, 15) is 19.2 Å². The molecule has 9 nitrogen and oxygen atoms in total. The van der Waals surface area contributed by atoms with E-state index in [0.717, 1.165) is 12.8 Å². The minimum absolute atomic E-state index is 0.0492. The van der Waals surface area contributed by atoms with Crippen molar-refractivity contribution < 1.29 is 19.2 Å². The number of amides is 4. The molecular formula is C19H19N5O4S. The van der Waals surface area contributed by atoms with Crippen LogP contribution in [-0.2, 0) is 19.2 Å². The zero-order valence-electron chi connectivity index (χ0n) is 15.5. The van der Waals surface area contributed by atoms with Gasteiger partial charge in [-0.2, -0.15) is 0 Å². The van der Waals surface area contributed by atoms with E-state index < -0.39 is 17.7 Å². The monoisotopic (exact) mass is 413 g/mol. The van der Waals surface area contributed by atoms with E-state index in [1.54, 1.807) is 17.5 Å². The first kappa shape index (κ1) is 20.2. The Morgan fingerprint density at radius 1 is 1.10 bits per heavy atom. The molecule has 0 saturated heterocycles. The van der Waals surface area contributed by atoms with E-state index in [1.165, 1.54) is 35.3 Å². The summed E-state index contributed by atoms with van der Waals surface area (Å²) < 4.78 is 0. The minimum Gasteiger partial charge on any atom is -0.345 e. The highest BCUT2D eigenvalue weighted by Gasteiger charge is 2.26. The maximum Gasteiger partial charge on any atom is 0.327 e. The van der Waals surface area contributed by atoms with Gasteiger partial charge in [0.25, 0.3) is 5.91 Å². The van der Waals surface area contributed by atoms with Gasteiger partial charge in [0.05, 0.1) is 11.4 Å². The predicted octanol–water partition coefficient (Wildman–Crippen LogP) is 1.27. The first-order chi connectivity index (χ1) is 13.9. The summed E-state index contributed by atoms with van der Waals surface area (Å²) in [5.74, 6) is -2.54. The predicted molar refractivity (Wildman–Crippen MR) is 108 cm³/mol. The van der Waals surface area contributed by atoms with E-state index in [1.807, 2.05) is 23.6 Å². The van der Waals surface area contributed by atoms with Crippen molar-refractivity contribution in [2.24, 2.45) is 0 Å². The first-order valence-electron chi connectivity index (χ1n) is 8.84. The summed E-state index contributed by atoms with van der Waals surface area (Å²) in [6, 6.07) is 9.15. The van der Waals surface area contributed by atoms with Crippen molar-refractivity contribution in [1.82, 2.24) is 21.2 Å². The number of hydrogen-bond acceptors (Lipinski definition) is 6. The van der Waals surface area contributed by atoms with Crippen LogP contribution in [0.5, 0.6) is 0 Å². The van der Waals surface area contributed by atoms with Crippen LogP contribution < -0.4 is 21.1 Å². The van der Waals surface area contributed by atoms with Gasteiger partial charge in [0, 0.05) is 24.4 Å². The lowest BCUT2D eigenvalue weighted by atomic mass is 10.3. The third kappa shape index (κ3) is 5.72. The number of aromatic nitrogens is 1. The van der Waals surface area contributed by atoms with E-state index in [2.05, 4.69) is 15.7 Å². The number of carbonyl (C=O) groups excluding carboxylic acids is 4. The Balaban J connectivity index is 1.56. The van der Waals surface area contributed by atoms with E-state index in [0.29, 0.717) is 16.5 Å². The normalized spacial score (nSPS) is 13.0. The van der Waals surface area contributed by atoms with E-state index in [4.69, 9.17) is 0 Å². The maximum atomic E-state index is 12.0. The fourth-order valence-corrected chi connectivity index (χ4v) is 3.17. The van der Waals surface area contributed by atoms with Crippen molar-refractivity contribution in [2.45, 2.75) is 25.8 Å². The summed E-state index contributed by atoms with van der Waals surface area (Å²) in [5, 5.41) is 4.67. The highest BCUT2D eigenvalue weighted by atomic mass is 32.1. The fraction of sp³-hybridized carbons (Fsp3) is 0.211. The van der Waals surface area contributed by atoms with Crippen molar-refractivity contribution in [1.29, 1.82) is 0 Å². The van der Waals surface area contributed by atoms with Gasteiger partial charge in [-0.25, -0.2) is 4.98 Å². The molecular weight excluding hydrogens is 394 g/mol. The second-order valence-corrected chi connectivity index (χ2v) is 7.11. The van der Waals surface area contributed by atoms with Crippen molar-refractivity contribution in [3.8, 4) is 0 Å². The van der Waals surface area contributed by atoms with Crippen LogP contribution in [0.1, 0.15) is 25.5 Å². The van der Waals surface area contributed by atoms with Gasteiger partial charge in [-0.15, -0.1) is 11.3 Å². The summed E-state index contributed by atoms with van der Waals surface area (Å²) in [4.78, 5) is 52.7. The molecule has 0 unspecified atom stereocenters. The summed E-state index contributed by atoms with van der Waals surface area (Å²) in [5.41, 5.74) is 5.33. The summed E-state index contributed by atoms with van der Waals surface area (Å²) in [6.45, 7) is 1.44. The van der Waals surface area contributed by atoms with Gasteiger partial charge in [-0.05, 0) is 31.1 Å². The molecule has 1 aromatic heterocycles. The maximum absolute atomic E-state index is 12.0. The van der Waals surface area contributed by atoms with Gasteiger partial charge in [-0.1, -0.05) is 18.2 Å². The standard InChI is InChI=1S/C19H19N5O4S/c1-12(25)24(15-5-3-2-4-6-15)19-21-14(11-29-19)9-10-16(26)22-23-18(28)17(27)20-13-7-8-13/h2-6,9-11,13H,7-8H2,1H3,(H,20,27)(H,22,26)(H,23,28)/b10-9+. The molecule has 1 saturated carbocycles. The molecule has 10 heteroatoms. The number of hydrazine groups is 1. The van der Waals surface area contributed by atoms with Crippen LogP contribution in [0.25, 0.3) is 6.08 Å². The first-order valence-corrected chi connectivity index (χ1v) is 9.72. The molecule has 1 aliphatic carbocycles. The molecule has 1 fully saturated rings. The number of thiazole rings is 1. The largest absolute Gasteiger partial charge is 0.345 e. The van der Waals surface area contributed by atoms with Crippen LogP contribution in [0, 0.1) is 0 Å². The molecule has 29 heavy (non-hydrogen) atoms. The second-order valence-electron chi connectivity index (χ2n) is 6.27. The molecule has 1 aliphatic rings. The van der Waals surface area contributed by atoms with Gasteiger partial charge in [0.2, 0.25) is 5.91 Å². The van der Waals surface area contributed by atoms with Gasteiger partial charge < -0.3 is 5.32 Å². The van der Waals surface area contributed by atoms with Crippen molar-refractivity contribution in [3.63, 3.8) is 0 Å². The number of hydrogen-bond donors (Lipinski definition) is 3. The zero-order chi connectivity index (χ0) is 20.8. The third-order valence-corrected chi connectivity index (χ3v) is 4.70. The Bertz CT molecular complexity index is 953. The molecule has 1 heterocycles. The molecule has 2 aromatic rings. The smallest absolute Gasteiger partial charge is 0.327 e. The lowest BCUT2D eigenvalue weighted by Gasteiger charge is -2.17. The summed E-state index contributed by atoms with van der Waals surface area (Å²) in [6.07, 6.45) is 4.32. The van der Waals surface area contributed by atoms with E-state index in [-0.39, 0.29) is 11.9 Å². The van der Waals surface area contributed by atoms with Crippen LogP contribution in [0.3, 0.4) is 0 Å². The molecule has 0 aliphatic heterocycles. The lowest BCUT2D eigenvalue weighted by molar-refractivity contribution is -0.140. The van der Waals surface area contributed by atoms with Gasteiger partial charge >= 0.3 is 11.8 Å². The number of carbonyl (C=O) groups is 4. The Morgan fingerprint density at radius 2 is 1.83 bits per heavy atom. The molecule has 0 spiro atoms. The average molecular weight is 413 g/mol. The molecule has 0 radical (unpaired) electrons. The number of nitrogens with one attached hydrogen (secondary N) is 3.